The molecule has 0 aliphatic carbocycles. The number of rotatable bonds is 21. The van der Waals surface area contributed by atoms with Crippen molar-refractivity contribution in [1.29, 1.82) is 0 Å². The lowest BCUT2D eigenvalue weighted by molar-refractivity contribution is -0.137. The minimum Gasteiger partial charge on any atom is -0.393 e. The van der Waals surface area contributed by atoms with Crippen LogP contribution in [-0.4, -0.2) is 145 Å². The van der Waals surface area contributed by atoms with Gasteiger partial charge in [-0.15, -0.1) is 0 Å². The normalized spacial score (nSPS) is 23.0. The summed E-state index contributed by atoms with van der Waals surface area (Å²) in [4.78, 5) is 87.1. The Balaban J connectivity index is 1.50. The fraction of sp³-hybridized carbons (Fsp3) is 0.680. The summed E-state index contributed by atoms with van der Waals surface area (Å²) in [5.41, 5.74) is 2.27. The van der Waals surface area contributed by atoms with Gasteiger partial charge in [0.2, 0.25) is 16.9 Å². The lowest BCUT2D eigenvalue weighted by Gasteiger charge is -2.30. The number of anilines is 1. The van der Waals surface area contributed by atoms with E-state index in [4.69, 9.17) is 24.6 Å². The number of aliphatic hydroxyl groups is 4. The molecule has 55 heavy (non-hydrogen) atoms. The number of imidazole rings is 1. The molecule has 0 saturated carbocycles. The fourth-order valence-electron chi connectivity index (χ4n) is 4.49. The lowest BCUT2D eigenvalue weighted by Crippen LogP contribution is -2.46. The van der Waals surface area contributed by atoms with Gasteiger partial charge in [0.05, 0.1) is 26.1 Å². The minimum absolute atomic E-state index is 0.0196. The molecule has 312 valence electrons. The van der Waals surface area contributed by atoms with Crippen LogP contribution in [-0.2, 0) is 50.7 Å². The number of aliphatic hydroxyl groups excluding tert-OH is 3. The summed E-state index contributed by atoms with van der Waals surface area (Å²) in [6.45, 7) is 0.490. The van der Waals surface area contributed by atoms with Gasteiger partial charge < -0.3 is 61.1 Å². The third kappa shape index (κ3) is 13.5. The number of ether oxygens (including phenoxy) is 1. The summed E-state index contributed by atoms with van der Waals surface area (Å²) >= 11 is 0.692. The molecule has 30 heteroatoms. The van der Waals surface area contributed by atoms with E-state index in [0.717, 1.165) is 24.1 Å². The zero-order valence-corrected chi connectivity index (χ0v) is 32.7. The highest BCUT2D eigenvalue weighted by molar-refractivity contribution is 8.13. The van der Waals surface area contributed by atoms with Crippen molar-refractivity contribution in [3.63, 3.8) is 0 Å². The minimum atomic E-state index is -5.59. The molecule has 3 rings (SSSR count). The number of carbonyl (C=O) groups is 3. The quantitative estimate of drug-likeness (QED) is 0.0453. The first kappa shape index (κ1) is 46.9. The van der Waals surface area contributed by atoms with E-state index >= 15 is 0 Å². The summed E-state index contributed by atoms with van der Waals surface area (Å²) in [7, 11) is -16.4. The van der Waals surface area contributed by atoms with E-state index in [0.29, 0.717) is 11.8 Å². The second-order valence-corrected chi connectivity index (χ2v) is 17.9. The average molecular weight is 870 g/mol. The Morgan fingerprint density at radius 1 is 1.05 bits per heavy atom. The predicted molar refractivity (Wildman–Crippen MR) is 185 cm³/mol. The van der Waals surface area contributed by atoms with Crippen LogP contribution in [0.2, 0.25) is 0 Å². The number of phosphoric acid groups is 3. The number of carbonyl (C=O) groups excluding carboxylic acids is 3. The smallest absolute Gasteiger partial charge is 0.393 e. The first-order chi connectivity index (χ1) is 25.3. The van der Waals surface area contributed by atoms with Crippen LogP contribution < -0.4 is 16.4 Å². The largest absolute Gasteiger partial charge is 0.481 e. The number of thioether (sulfide) groups is 1. The SMILES string of the molecule is CC(O)(CO)C(=O)SCCNC(=O)CCNC(=O)C(O)C(C)(C)COP(=O)(O)OP(=O)(O)OC[C@H]1O[C@@H](n2cnc3c(N)ncnc32)[C@H](O)[C@@H]1OP(=O)(O)O. The van der Waals surface area contributed by atoms with Gasteiger partial charge in [-0.25, -0.2) is 28.6 Å². The molecular weight excluding hydrogens is 827 g/mol. The van der Waals surface area contributed by atoms with Crippen molar-refractivity contribution in [3.8, 4) is 0 Å². The molecule has 2 amide bonds. The summed E-state index contributed by atoms with van der Waals surface area (Å²) in [6, 6.07) is 0. The molecule has 3 heterocycles. The van der Waals surface area contributed by atoms with Gasteiger partial charge >= 0.3 is 23.5 Å². The number of fused-ring (bicyclic) bond motifs is 1. The number of nitrogens with zero attached hydrogens (tertiary/aromatic N) is 4. The van der Waals surface area contributed by atoms with Gasteiger partial charge in [0.25, 0.3) is 0 Å². The van der Waals surface area contributed by atoms with Crippen molar-refractivity contribution in [2.45, 2.75) is 63.4 Å². The number of amides is 2. The van der Waals surface area contributed by atoms with Crippen molar-refractivity contribution in [1.82, 2.24) is 30.2 Å². The van der Waals surface area contributed by atoms with Crippen molar-refractivity contribution in [2.24, 2.45) is 5.41 Å². The third-order valence-electron chi connectivity index (χ3n) is 7.48. The number of nitrogens with two attached hydrogens (primary N) is 1. The highest BCUT2D eigenvalue weighted by Crippen LogP contribution is 2.61. The average Bonchev–Trinajstić information content (AvgIpc) is 3.64. The van der Waals surface area contributed by atoms with Gasteiger partial charge in [-0.1, -0.05) is 25.6 Å². The molecule has 8 atom stereocenters. The molecule has 0 bridgehead atoms. The highest BCUT2D eigenvalue weighted by Gasteiger charge is 2.50. The molecule has 12 N–H and O–H groups in total. The van der Waals surface area contributed by atoms with Crippen LogP contribution in [0, 0.1) is 5.41 Å². The second-order valence-electron chi connectivity index (χ2n) is 12.6. The zero-order chi connectivity index (χ0) is 41.6. The molecule has 1 aliphatic rings. The van der Waals surface area contributed by atoms with Crippen LogP contribution in [0.3, 0.4) is 0 Å². The summed E-state index contributed by atoms with van der Waals surface area (Å²) in [6.07, 6.45) is -7.11. The summed E-state index contributed by atoms with van der Waals surface area (Å²) < 4.78 is 61.9. The Labute approximate surface area is 315 Å². The number of hydrogen-bond acceptors (Lipinski definition) is 20. The maximum atomic E-state index is 12.6. The molecule has 1 aliphatic heterocycles. The number of hydrogen-bond donors (Lipinski definition) is 11. The molecule has 0 spiro atoms. The molecule has 4 unspecified atom stereocenters. The molecule has 2 aromatic rings. The van der Waals surface area contributed by atoms with Crippen LogP contribution in [0.5, 0.6) is 0 Å². The van der Waals surface area contributed by atoms with Crippen molar-refractivity contribution < 1.29 is 90.7 Å². The number of nitrogens with one attached hydrogen (secondary N) is 2. The Kier molecular flexibility index (Phi) is 16.0. The number of nitrogen functional groups attached to an aromatic ring is 1. The van der Waals surface area contributed by atoms with Crippen LogP contribution in [0.4, 0.5) is 5.82 Å². The summed E-state index contributed by atoms with van der Waals surface area (Å²) in [5.74, 6) is -1.53. The Morgan fingerprint density at radius 2 is 1.71 bits per heavy atom. The van der Waals surface area contributed by atoms with Gasteiger partial charge in [0.15, 0.2) is 23.3 Å². The van der Waals surface area contributed by atoms with Gasteiger partial charge in [0.1, 0.15) is 36.3 Å². The summed E-state index contributed by atoms with van der Waals surface area (Å²) in [5, 5.41) is 44.1. The van der Waals surface area contributed by atoms with E-state index in [1.807, 2.05) is 0 Å². The molecule has 1 saturated heterocycles. The first-order valence-electron chi connectivity index (χ1n) is 15.7. The standard InChI is InChI=1S/C25H42N7O19P3S/c1-24(2,18(36)21(37)28-5-4-14(34)27-6-7-55-23(38)25(3,39)9-33)10-48-54(45,46)51-53(43,44)47-8-13-17(50-52(40,41)42)16(35)22(49-13)32-12-31-15-19(26)29-11-30-20(15)32/h11-13,16-18,22,33,35-36,39H,4-10H2,1-3H3,(H,27,34)(H,28,37)(H,43,44)(H,45,46)(H2,26,29,30)(H2,40,41,42)/t13-,16-,17-,18?,22-,25?/m1/s1. The highest BCUT2D eigenvalue weighted by atomic mass is 32.2. The van der Waals surface area contributed by atoms with Gasteiger partial charge in [-0.3, -0.25) is 32.5 Å². The topological polar surface area (TPSA) is 404 Å². The maximum absolute atomic E-state index is 12.6. The van der Waals surface area contributed by atoms with Gasteiger partial charge in [-0.2, -0.15) is 4.31 Å². The van der Waals surface area contributed by atoms with Gasteiger partial charge in [-0.05, 0) is 6.92 Å². The third-order valence-corrected chi connectivity index (χ3v) is 11.7. The zero-order valence-electron chi connectivity index (χ0n) is 29.2. The second kappa shape index (κ2) is 18.8. The molecular formula is C25H42N7O19P3S. The first-order valence-corrected chi connectivity index (χ1v) is 21.2. The lowest BCUT2D eigenvalue weighted by atomic mass is 9.87. The number of aromatic nitrogens is 4. The van der Waals surface area contributed by atoms with Crippen molar-refractivity contribution in [2.75, 3.05) is 44.4 Å². The molecule has 26 nitrogen and oxygen atoms in total. The molecule has 1 fully saturated rings. The van der Waals surface area contributed by atoms with Crippen molar-refractivity contribution >= 4 is 69.1 Å². The Bertz CT molecular complexity index is 1830. The van der Waals surface area contributed by atoms with Crippen LogP contribution in [0.25, 0.3) is 11.2 Å². The van der Waals surface area contributed by atoms with E-state index < -0.39 is 102 Å². The molecule has 0 aromatic carbocycles. The van der Waals surface area contributed by atoms with E-state index in [1.165, 1.54) is 13.8 Å². The van der Waals surface area contributed by atoms with E-state index in [1.54, 1.807) is 0 Å². The molecule has 0 radical (unpaired) electrons. The van der Waals surface area contributed by atoms with Gasteiger partial charge in [0, 0.05) is 30.7 Å². The van der Waals surface area contributed by atoms with Crippen LogP contribution in [0.15, 0.2) is 12.7 Å². The van der Waals surface area contributed by atoms with E-state index in [9.17, 15) is 63.0 Å². The Morgan fingerprint density at radius 3 is 2.35 bits per heavy atom. The fourth-order valence-corrected chi connectivity index (χ4v) is 8.09. The van der Waals surface area contributed by atoms with Crippen LogP contribution in [0.1, 0.15) is 33.4 Å². The van der Waals surface area contributed by atoms with E-state index in [-0.39, 0.29) is 42.2 Å². The monoisotopic (exact) mass is 869 g/mol. The molecule has 2 aromatic heterocycles. The predicted octanol–water partition coefficient (Wildman–Crippen LogP) is -2.59. The number of phosphoric ester groups is 3. The van der Waals surface area contributed by atoms with Crippen LogP contribution >= 0.6 is 35.2 Å². The van der Waals surface area contributed by atoms with E-state index in [2.05, 4.69) is 34.4 Å². The maximum Gasteiger partial charge on any atom is 0.481 e. The Hall–Kier alpha value is -2.52. The van der Waals surface area contributed by atoms with Crippen molar-refractivity contribution in [3.05, 3.63) is 12.7 Å².